The Balaban J connectivity index is 2.59. The molecule has 13 heavy (non-hydrogen) atoms. The second kappa shape index (κ2) is 2.94. The van der Waals surface area contributed by atoms with Crippen LogP contribution < -0.4 is 5.73 Å². The minimum Gasteiger partial charge on any atom is -0.472 e. The molecule has 2 aromatic rings. The highest BCUT2D eigenvalue weighted by molar-refractivity contribution is 5.73. The number of hydrogen-bond acceptors (Lipinski definition) is 3. The van der Waals surface area contributed by atoms with Gasteiger partial charge in [0.2, 0.25) is 0 Å². The summed E-state index contributed by atoms with van der Waals surface area (Å²) in [5, 5.41) is 0. The molecular formula is C10H10N2O. The van der Waals surface area contributed by atoms with E-state index in [0.29, 0.717) is 5.69 Å². The minimum atomic E-state index is 0.673. The lowest BCUT2D eigenvalue weighted by Gasteiger charge is -2.01. The van der Waals surface area contributed by atoms with E-state index in [1.54, 1.807) is 18.7 Å². The van der Waals surface area contributed by atoms with Crippen molar-refractivity contribution in [2.45, 2.75) is 6.92 Å². The van der Waals surface area contributed by atoms with Crippen LogP contribution in [-0.2, 0) is 0 Å². The van der Waals surface area contributed by atoms with Gasteiger partial charge >= 0.3 is 0 Å². The van der Waals surface area contributed by atoms with Gasteiger partial charge in [0, 0.05) is 11.8 Å². The number of furan rings is 1. The third-order valence-electron chi connectivity index (χ3n) is 1.95. The van der Waals surface area contributed by atoms with Gasteiger partial charge in [0.15, 0.2) is 0 Å². The Hall–Kier alpha value is -1.77. The molecule has 3 nitrogen and oxygen atoms in total. The summed E-state index contributed by atoms with van der Waals surface area (Å²) in [5.41, 5.74) is 9.24. The van der Waals surface area contributed by atoms with Crippen molar-refractivity contribution in [1.29, 1.82) is 0 Å². The zero-order valence-corrected chi connectivity index (χ0v) is 7.32. The highest BCUT2D eigenvalue weighted by Gasteiger charge is 2.07. The van der Waals surface area contributed by atoms with E-state index in [0.717, 1.165) is 16.8 Å². The van der Waals surface area contributed by atoms with E-state index < -0.39 is 0 Å². The molecule has 2 aromatic heterocycles. The smallest absolute Gasteiger partial charge is 0.1000 e. The Morgan fingerprint density at radius 3 is 2.85 bits per heavy atom. The van der Waals surface area contributed by atoms with Gasteiger partial charge in [-0.2, -0.15) is 0 Å². The molecule has 0 radical (unpaired) electrons. The third kappa shape index (κ3) is 1.28. The van der Waals surface area contributed by atoms with Crippen LogP contribution in [0.4, 0.5) is 5.69 Å². The number of nitrogens with two attached hydrogens (primary N) is 1. The number of rotatable bonds is 1. The van der Waals surface area contributed by atoms with Crippen LogP contribution in [-0.4, -0.2) is 4.98 Å². The lowest BCUT2D eigenvalue weighted by atomic mass is 10.1. The van der Waals surface area contributed by atoms with Gasteiger partial charge in [-0.05, 0) is 24.6 Å². The molecule has 0 aliphatic carbocycles. The van der Waals surface area contributed by atoms with Gasteiger partial charge in [-0.15, -0.1) is 0 Å². The number of aryl methyl sites for hydroxylation is 1. The summed E-state index contributed by atoms with van der Waals surface area (Å²) in [6.07, 6.45) is 5.07. The summed E-state index contributed by atoms with van der Waals surface area (Å²) >= 11 is 0. The van der Waals surface area contributed by atoms with Gasteiger partial charge < -0.3 is 10.2 Å². The van der Waals surface area contributed by atoms with E-state index in [2.05, 4.69) is 4.98 Å². The molecule has 0 aliphatic heterocycles. The fraction of sp³-hybridized carbons (Fsp3) is 0.100. The number of hydrogen-bond donors (Lipinski definition) is 1. The van der Waals surface area contributed by atoms with Crippen molar-refractivity contribution < 1.29 is 4.42 Å². The molecule has 0 bridgehead atoms. The Kier molecular flexibility index (Phi) is 1.77. The summed E-state index contributed by atoms with van der Waals surface area (Å²) in [6, 6.07) is 3.64. The summed E-state index contributed by atoms with van der Waals surface area (Å²) < 4.78 is 5.06. The number of nitrogen functional groups attached to an aromatic ring is 1. The topological polar surface area (TPSA) is 52.0 Å². The van der Waals surface area contributed by atoms with Crippen molar-refractivity contribution in [1.82, 2.24) is 4.98 Å². The molecule has 2 heterocycles. The summed E-state index contributed by atoms with van der Waals surface area (Å²) in [4.78, 5) is 4.20. The van der Waals surface area contributed by atoms with Gasteiger partial charge in [0.25, 0.3) is 0 Å². The van der Waals surface area contributed by atoms with E-state index in [9.17, 15) is 0 Å². The largest absolute Gasteiger partial charge is 0.472 e. The van der Waals surface area contributed by atoms with Gasteiger partial charge in [0.05, 0.1) is 23.9 Å². The van der Waals surface area contributed by atoms with Gasteiger partial charge in [-0.25, -0.2) is 0 Å². The molecule has 0 unspecified atom stereocenters. The molecule has 66 valence electrons. The first kappa shape index (κ1) is 7.86. The average Bonchev–Trinajstić information content (AvgIpc) is 2.52. The van der Waals surface area contributed by atoms with Gasteiger partial charge in [-0.3, -0.25) is 4.98 Å². The fourth-order valence-corrected chi connectivity index (χ4v) is 1.25. The molecule has 0 amide bonds. The van der Waals surface area contributed by atoms with Crippen molar-refractivity contribution >= 4 is 5.69 Å². The molecule has 3 heteroatoms. The van der Waals surface area contributed by atoms with Crippen LogP contribution in [0, 0.1) is 6.92 Å². The number of pyridine rings is 1. The summed E-state index contributed by atoms with van der Waals surface area (Å²) in [5.74, 6) is 0. The van der Waals surface area contributed by atoms with Crippen LogP contribution in [0.15, 0.2) is 35.3 Å². The lowest BCUT2D eigenvalue weighted by molar-refractivity contribution is 0.566. The Bertz CT molecular complexity index is 420. The summed E-state index contributed by atoms with van der Waals surface area (Å²) in [7, 11) is 0. The molecular weight excluding hydrogens is 164 g/mol. The molecule has 0 spiro atoms. The number of anilines is 1. The Morgan fingerprint density at radius 1 is 1.38 bits per heavy atom. The van der Waals surface area contributed by atoms with Crippen molar-refractivity contribution in [3.8, 4) is 11.3 Å². The first-order valence-electron chi connectivity index (χ1n) is 4.02. The maximum atomic E-state index is 5.78. The van der Waals surface area contributed by atoms with E-state index in [1.807, 2.05) is 19.1 Å². The highest BCUT2D eigenvalue weighted by Crippen LogP contribution is 2.26. The van der Waals surface area contributed by atoms with E-state index in [1.165, 1.54) is 0 Å². The Morgan fingerprint density at radius 2 is 2.23 bits per heavy atom. The van der Waals surface area contributed by atoms with Crippen LogP contribution in [0.5, 0.6) is 0 Å². The normalized spacial score (nSPS) is 10.2. The van der Waals surface area contributed by atoms with E-state index >= 15 is 0 Å². The van der Waals surface area contributed by atoms with Crippen LogP contribution in [0.1, 0.15) is 5.56 Å². The monoisotopic (exact) mass is 174 g/mol. The summed E-state index contributed by atoms with van der Waals surface area (Å²) in [6.45, 7) is 1.97. The molecule has 0 aliphatic rings. The quantitative estimate of drug-likeness (QED) is 0.721. The third-order valence-corrected chi connectivity index (χ3v) is 1.95. The predicted octanol–water partition coefficient (Wildman–Crippen LogP) is 2.23. The zero-order chi connectivity index (χ0) is 9.26. The molecule has 0 atom stereocenters. The fourth-order valence-electron chi connectivity index (χ4n) is 1.25. The standard InChI is InChI=1S/C10H10N2O/c1-7-5-13-6-8(7)10-9(11)3-2-4-12-10/h2-6H,11H2,1H3. The number of nitrogens with zero attached hydrogens (tertiary/aromatic N) is 1. The maximum Gasteiger partial charge on any atom is 0.1000 e. The van der Waals surface area contributed by atoms with Gasteiger partial charge in [0.1, 0.15) is 0 Å². The van der Waals surface area contributed by atoms with Crippen LogP contribution >= 0.6 is 0 Å². The molecule has 0 saturated carbocycles. The second-order valence-electron chi connectivity index (χ2n) is 2.91. The first-order chi connectivity index (χ1) is 6.29. The molecule has 0 fully saturated rings. The van der Waals surface area contributed by atoms with Crippen LogP contribution in [0.2, 0.25) is 0 Å². The highest BCUT2D eigenvalue weighted by atomic mass is 16.3. The van der Waals surface area contributed by atoms with Crippen molar-refractivity contribution in [3.63, 3.8) is 0 Å². The van der Waals surface area contributed by atoms with Gasteiger partial charge in [-0.1, -0.05) is 0 Å². The minimum absolute atomic E-state index is 0.673. The Labute approximate surface area is 76.2 Å². The molecule has 2 rings (SSSR count). The predicted molar refractivity (Wildman–Crippen MR) is 51.1 cm³/mol. The molecule has 0 saturated heterocycles. The first-order valence-corrected chi connectivity index (χ1v) is 4.02. The van der Waals surface area contributed by atoms with Crippen LogP contribution in [0.3, 0.4) is 0 Å². The maximum absolute atomic E-state index is 5.78. The SMILES string of the molecule is Cc1cocc1-c1ncccc1N. The van der Waals surface area contributed by atoms with Crippen molar-refractivity contribution in [2.75, 3.05) is 5.73 Å². The number of aromatic nitrogens is 1. The average molecular weight is 174 g/mol. The van der Waals surface area contributed by atoms with E-state index in [-0.39, 0.29) is 0 Å². The molecule has 2 N–H and O–H groups in total. The van der Waals surface area contributed by atoms with Crippen molar-refractivity contribution in [2.24, 2.45) is 0 Å². The van der Waals surface area contributed by atoms with Crippen molar-refractivity contribution in [3.05, 3.63) is 36.4 Å². The lowest BCUT2D eigenvalue weighted by Crippen LogP contribution is -1.92. The zero-order valence-electron chi connectivity index (χ0n) is 7.32. The second-order valence-corrected chi connectivity index (χ2v) is 2.91. The van der Waals surface area contributed by atoms with E-state index in [4.69, 9.17) is 10.2 Å². The van der Waals surface area contributed by atoms with Crippen LogP contribution in [0.25, 0.3) is 11.3 Å². The molecule has 0 aromatic carbocycles.